The first kappa shape index (κ1) is 16.3. The monoisotopic (exact) mass is 377 g/mol. The van der Waals surface area contributed by atoms with Crippen LogP contribution in [0.2, 0.25) is 0 Å². The molecule has 0 bridgehead atoms. The van der Waals surface area contributed by atoms with Crippen molar-refractivity contribution in [3.8, 4) is 0 Å². The van der Waals surface area contributed by atoms with E-state index in [1.807, 2.05) is 23.9 Å². The predicted molar refractivity (Wildman–Crippen MR) is 89.0 cm³/mol. The zero-order valence-corrected chi connectivity index (χ0v) is 14.7. The molecule has 0 spiro atoms. The first-order valence-corrected chi connectivity index (χ1v) is 10.5. The summed E-state index contributed by atoms with van der Waals surface area (Å²) >= 11 is 5.22. The first-order chi connectivity index (χ1) is 9.56. The molecule has 0 amide bonds. The van der Waals surface area contributed by atoms with Crippen LogP contribution in [0.5, 0.6) is 0 Å². The minimum atomic E-state index is -3.40. The topological polar surface area (TPSA) is 46.2 Å². The average Bonchev–Trinajstić information content (AvgIpc) is 2.86. The van der Waals surface area contributed by atoms with E-state index in [-0.39, 0.29) is 6.04 Å². The third-order valence-corrected chi connectivity index (χ3v) is 7.01. The standard InChI is InChI=1S/C14H20BrNO2S2/c1-2-19-14-5-3-4-13(14)16-20(17,18)12-8-6-11(10-15)7-9-12/h6-9,13-14,16H,2-5,10H2,1H3. The van der Waals surface area contributed by atoms with Gasteiger partial charge in [0.1, 0.15) is 0 Å². The highest BCUT2D eigenvalue weighted by atomic mass is 79.9. The van der Waals surface area contributed by atoms with Crippen molar-refractivity contribution >= 4 is 37.7 Å². The number of halogens is 1. The first-order valence-electron chi connectivity index (χ1n) is 6.85. The Morgan fingerprint density at radius 1 is 1.30 bits per heavy atom. The van der Waals surface area contributed by atoms with E-state index < -0.39 is 10.0 Å². The van der Waals surface area contributed by atoms with Crippen molar-refractivity contribution in [1.29, 1.82) is 0 Å². The number of alkyl halides is 1. The van der Waals surface area contributed by atoms with Crippen LogP contribution in [0, 0.1) is 0 Å². The van der Waals surface area contributed by atoms with Crippen LogP contribution in [-0.4, -0.2) is 25.5 Å². The molecule has 1 fully saturated rings. The van der Waals surface area contributed by atoms with E-state index >= 15 is 0 Å². The molecule has 20 heavy (non-hydrogen) atoms. The minimum absolute atomic E-state index is 0.0702. The van der Waals surface area contributed by atoms with E-state index in [1.54, 1.807) is 12.1 Å². The van der Waals surface area contributed by atoms with Crippen molar-refractivity contribution in [3.05, 3.63) is 29.8 Å². The van der Waals surface area contributed by atoms with Gasteiger partial charge in [0.25, 0.3) is 0 Å². The van der Waals surface area contributed by atoms with Crippen molar-refractivity contribution in [3.63, 3.8) is 0 Å². The predicted octanol–water partition coefficient (Wildman–Crippen LogP) is 3.53. The van der Waals surface area contributed by atoms with Crippen LogP contribution in [-0.2, 0) is 15.4 Å². The number of rotatable bonds is 6. The van der Waals surface area contributed by atoms with Crippen LogP contribution in [0.4, 0.5) is 0 Å². The van der Waals surface area contributed by atoms with Crippen LogP contribution in [0.25, 0.3) is 0 Å². The van der Waals surface area contributed by atoms with Crippen molar-refractivity contribution < 1.29 is 8.42 Å². The largest absolute Gasteiger partial charge is 0.240 e. The fourth-order valence-electron chi connectivity index (χ4n) is 2.50. The maximum atomic E-state index is 12.4. The molecule has 0 heterocycles. The van der Waals surface area contributed by atoms with E-state index in [9.17, 15) is 8.42 Å². The number of benzene rings is 1. The third kappa shape index (κ3) is 4.00. The van der Waals surface area contributed by atoms with Gasteiger partial charge in [0.2, 0.25) is 10.0 Å². The molecular formula is C14H20BrNO2S2. The molecule has 112 valence electrons. The fourth-order valence-corrected chi connectivity index (χ4v) is 5.47. The normalized spacial score (nSPS) is 23.1. The molecule has 0 aromatic heterocycles. The Bertz CT molecular complexity index is 531. The van der Waals surface area contributed by atoms with Gasteiger partial charge in [-0.25, -0.2) is 13.1 Å². The lowest BCUT2D eigenvalue weighted by Crippen LogP contribution is -2.38. The molecule has 1 aromatic carbocycles. The molecule has 1 aliphatic rings. The summed E-state index contributed by atoms with van der Waals surface area (Å²) in [6, 6.07) is 7.11. The van der Waals surface area contributed by atoms with Crippen LogP contribution in [0.1, 0.15) is 31.7 Å². The number of sulfonamides is 1. The van der Waals surface area contributed by atoms with Crippen molar-refractivity contribution in [1.82, 2.24) is 4.72 Å². The molecule has 1 N–H and O–H groups in total. The van der Waals surface area contributed by atoms with Crippen LogP contribution < -0.4 is 4.72 Å². The maximum Gasteiger partial charge on any atom is 0.240 e. The molecule has 2 atom stereocenters. The van der Waals surface area contributed by atoms with Gasteiger partial charge in [0.05, 0.1) is 4.90 Å². The number of hydrogen-bond donors (Lipinski definition) is 1. The molecule has 3 nitrogen and oxygen atoms in total. The second-order valence-electron chi connectivity index (χ2n) is 4.93. The molecule has 0 saturated heterocycles. The molecule has 1 aliphatic carbocycles. The van der Waals surface area contributed by atoms with Gasteiger partial charge in [-0.05, 0) is 36.3 Å². The molecule has 1 aromatic rings. The summed E-state index contributed by atoms with van der Waals surface area (Å²) in [5.74, 6) is 1.03. The minimum Gasteiger partial charge on any atom is -0.207 e. The molecule has 2 rings (SSSR count). The summed E-state index contributed by atoms with van der Waals surface area (Å²) < 4.78 is 27.7. The van der Waals surface area contributed by atoms with E-state index in [1.165, 1.54) is 0 Å². The smallest absolute Gasteiger partial charge is 0.207 e. The van der Waals surface area contributed by atoms with Crippen molar-refractivity contribution in [2.24, 2.45) is 0 Å². The summed E-state index contributed by atoms with van der Waals surface area (Å²) in [5, 5.41) is 1.15. The molecule has 0 radical (unpaired) electrons. The number of hydrogen-bond acceptors (Lipinski definition) is 3. The zero-order chi connectivity index (χ0) is 14.6. The Morgan fingerprint density at radius 2 is 2.00 bits per heavy atom. The highest BCUT2D eigenvalue weighted by molar-refractivity contribution is 9.08. The maximum absolute atomic E-state index is 12.4. The van der Waals surface area contributed by atoms with Crippen molar-refractivity contribution in [2.45, 2.75) is 47.7 Å². The van der Waals surface area contributed by atoms with Crippen molar-refractivity contribution in [2.75, 3.05) is 5.75 Å². The highest BCUT2D eigenvalue weighted by Crippen LogP contribution is 2.30. The lowest BCUT2D eigenvalue weighted by molar-refractivity contribution is 0.555. The van der Waals surface area contributed by atoms with Crippen LogP contribution >= 0.6 is 27.7 Å². The summed E-state index contributed by atoms with van der Waals surface area (Å²) in [6.07, 6.45) is 3.15. The fraction of sp³-hybridized carbons (Fsp3) is 0.571. The van der Waals surface area contributed by atoms with Gasteiger partial charge in [-0.1, -0.05) is 41.4 Å². The highest BCUT2D eigenvalue weighted by Gasteiger charge is 2.31. The zero-order valence-electron chi connectivity index (χ0n) is 11.5. The van der Waals surface area contributed by atoms with E-state index in [4.69, 9.17) is 0 Å². The van der Waals surface area contributed by atoms with E-state index in [2.05, 4.69) is 27.6 Å². The summed E-state index contributed by atoms with van der Waals surface area (Å²) in [5.41, 5.74) is 1.07. The van der Waals surface area contributed by atoms with Gasteiger partial charge in [0, 0.05) is 16.6 Å². The van der Waals surface area contributed by atoms with E-state index in [0.717, 1.165) is 35.9 Å². The van der Waals surface area contributed by atoms with E-state index in [0.29, 0.717) is 10.1 Å². The molecular weight excluding hydrogens is 358 g/mol. The van der Waals surface area contributed by atoms with Gasteiger partial charge in [-0.15, -0.1) is 0 Å². The van der Waals surface area contributed by atoms with Gasteiger partial charge in [-0.3, -0.25) is 0 Å². The molecule has 6 heteroatoms. The average molecular weight is 378 g/mol. The number of nitrogens with one attached hydrogen (secondary N) is 1. The van der Waals surface area contributed by atoms with Gasteiger partial charge in [-0.2, -0.15) is 11.8 Å². The molecule has 2 unspecified atom stereocenters. The van der Waals surface area contributed by atoms with Gasteiger partial charge in [0.15, 0.2) is 0 Å². The lowest BCUT2D eigenvalue weighted by Gasteiger charge is -2.20. The quantitative estimate of drug-likeness (QED) is 0.771. The van der Waals surface area contributed by atoms with Gasteiger partial charge < -0.3 is 0 Å². The number of thioether (sulfide) groups is 1. The second kappa shape index (κ2) is 7.29. The Kier molecular flexibility index (Phi) is 5.95. The summed E-state index contributed by atoms with van der Waals surface area (Å²) in [6.45, 7) is 2.12. The Morgan fingerprint density at radius 3 is 2.60 bits per heavy atom. The Hall–Kier alpha value is -0.0400. The summed E-state index contributed by atoms with van der Waals surface area (Å²) in [7, 11) is -3.40. The molecule has 0 aliphatic heterocycles. The Balaban J connectivity index is 2.09. The second-order valence-corrected chi connectivity index (χ2v) is 8.72. The van der Waals surface area contributed by atoms with Crippen LogP contribution in [0.15, 0.2) is 29.2 Å². The Labute approximate surface area is 134 Å². The molecule has 1 saturated carbocycles. The van der Waals surface area contributed by atoms with Crippen LogP contribution in [0.3, 0.4) is 0 Å². The van der Waals surface area contributed by atoms with Gasteiger partial charge >= 0.3 is 0 Å². The lowest BCUT2D eigenvalue weighted by atomic mass is 10.2. The SMILES string of the molecule is CCSC1CCCC1NS(=O)(=O)c1ccc(CBr)cc1. The summed E-state index contributed by atoms with van der Waals surface area (Å²) in [4.78, 5) is 0.356. The third-order valence-electron chi connectivity index (χ3n) is 3.53.